The van der Waals surface area contributed by atoms with E-state index in [-0.39, 0.29) is 22.8 Å². The first kappa shape index (κ1) is 72.5. The van der Waals surface area contributed by atoms with Crippen molar-refractivity contribution in [2.75, 3.05) is 26.4 Å². The summed E-state index contributed by atoms with van der Waals surface area (Å²) in [6, 6.07) is 39.3. The highest BCUT2D eigenvalue weighted by molar-refractivity contribution is 6.26. The maximum absolute atomic E-state index is 14.8. The number of hydrogen-bond acceptors (Lipinski definition) is 14. The normalized spacial score (nSPS) is 12.1. The van der Waals surface area contributed by atoms with Gasteiger partial charge in [0.05, 0.1) is 93.3 Å². The monoisotopic (exact) mass is 1340 g/mol. The molecule has 0 spiro atoms. The van der Waals surface area contributed by atoms with Gasteiger partial charge in [0.1, 0.15) is 45.8 Å². The van der Waals surface area contributed by atoms with Crippen LogP contribution in [0.1, 0.15) is 266 Å². The third kappa shape index (κ3) is 19.8. The van der Waals surface area contributed by atoms with Gasteiger partial charge < -0.3 is 18.9 Å². The maximum Gasteiger partial charge on any atom is 0.234 e. The Hall–Kier alpha value is -8.78. The van der Waals surface area contributed by atoms with Crippen molar-refractivity contribution in [1.29, 1.82) is 0 Å². The molecule has 1 aliphatic carbocycles. The molecule has 4 heterocycles. The number of fused-ring (bicyclic) bond motifs is 6. The topological polar surface area (TPSA) is 174 Å². The summed E-state index contributed by atoms with van der Waals surface area (Å²) in [6.07, 6.45) is 39.6. The van der Waals surface area contributed by atoms with Gasteiger partial charge in [-0.1, -0.05) is 207 Å². The molecule has 0 saturated heterocycles. The van der Waals surface area contributed by atoms with Crippen molar-refractivity contribution in [3.63, 3.8) is 0 Å². The number of carbonyl (C=O) groups is 2. The lowest BCUT2D eigenvalue weighted by Crippen LogP contribution is -2.26. The molecule has 0 amide bonds. The fraction of sp³-hybridized carbons (Fsp3) is 0.465. The summed E-state index contributed by atoms with van der Waals surface area (Å²) in [5.41, 5.74) is 9.42. The number of unbranched alkanes of at least 4 members (excludes halogenated alkanes) is 28. The molecule has 100 heavy (non-hydrogen) atoms. The van der Waals surface area contributed by atoms with Crippen LogP contribution in [0.5, 0.6) is 23.0 Å². The van der Waals surface area contributed by atoms with Gasteiger partial charge in [0.2, 0.25) is 11.6 Å². The van der Waals surface area contributed by atoms with Crippen LogP contribution in [0.4, 0.5) is 0 Å². The van der Waals surface area contributed by atoms with Crippen molar-refractivity contribution in [1.82, 2.24) is 39.9 Å². The van der Waals surface area contributed by atoms with Crippen molar-refractivity contribution in [3.05, 3.63) is 144 Å². The second kappa shape index (κ2) is 38.1. The lowest BCUT2D eigenvalue weighted by Gasteiger charge is -2.17. The summed E-state index contributed by atoms with van der Waals surface area (Å²) >= 11 is 0. The number of ketones is 2. The van der Waals surface area contributed by atoms with Gasteiger partial charge in [0, 0.05) is 22.3 Å². The van der Waals surface area contributed by atoms with Gasteiger partial charge in [0.25, 0.3) is 0 Å². The number of benzene rings is 6. The fourth-order valence-electron chi connectivity index (χ4n) is 13.4. The van der Waals surface area contributed by atoms with E-state index in [1.165, 1.54) is 154 Å². The second-order valence-electron chi connectivity index (χ2n) is 27.4. The Balaban J connectivity index is 0.859. The van der Waals surface area contributed by atoms with E-state index in [0.717, 1.165) is 96.6 Å². The minimum Gasteiger partial charge on any atom is -0.494 e. The van der Waals surface area contributed by atoms with E-state index in [9.17, 15) is 9.59 Å². The van der Waals surface area contributed by atoms with E-state index in [1.807, 2.05) is 97.1 Å². The molecule has 14 nitrogen and oxygen atoms in total. The fourth-order valence-corrected chi connectivity index (χ4v) is 13.4. The lowest BCUT2D eigenvalue weighted by molar-refractivity contribution is 0.0965. The van der Waals surface area contributed by atoms with Crippen molar-refractivity contribution >= 4 is 55.7 Å². The van der Waals surface area contributed by atoms with E-state index < -0.39 is 11.6 Å². The lowest BCUT2D eigenvalue weighted by atomic mass is 9.97. The summed E-state index contributed by atoms with van der Waals surface area (Å²) in [4.78, 5) is 70.3. The molecule has 0 N–H and O–H groups in total. The Bertz CT molecular complexity index is 3710. The van der Waals surface area contributed by atoms with Gasteiger partial charge in [-0.25, -0.2) is 39.9 Å². The number of carbonyl (C=O) groups excluding carboxylic acids is 2. The molecule has 0 fully saturated rings. The average Bonchev–Trinajstić information content (AvgIpc) is 0.732. The smallest absolute Gasteiger partial charge is 0.234 e. The van der Waals surface area contributed by atoms with Gasteiger partial charge in [-0.2, -0.15) is 0 Å². The Morgan fingerprint density at radius 2 is 0.370 bits per heavy atom. The minimum absolute atomic E-state index is 0.0996. The number of nitrogens with zero attached hydrogens (tertiary/aromatic N) is 8. The predicted octanol–water partition coefficient (Wildman–Crippen LogP) is 23.0. The van der Waals surface area contributed by atoms with Crippen molar-refractivity contribution in [2.45, 2.75) is 233 Å². The van der Waals surface area contributed by atoms with E-state index in [4.69, 9.17) is 58.8 Å². The highest BCUT2D eigenvalue weighted by Gasteiger charge is 2.36. The van der Waals surface area contributed by atoms with Gasteiger partial charge in [0.15, 0.2) is 0 Å². The molecule has 10 aromatic rings. The third-order valence-corrected chi connectivity index (χ3v) is 19.3. The molecule has 4 aromatic heterocycles. The molecule has 6 aromatic carbocycles. The number of aromatic nitrogens is 8. The van der Waals surface area contributed by atoms with Crippen LogP contribution in [-0.2, 0) is 0 Å². The van der Waals surface area contributed by atoms with Gasteiger partial charge in [-0.05, 0) is 147 Å². The summed E-state index contributed by atoms with van der Waals surface area (Å²) in [5, 5.41) is 0. The number of ether oxygens (including phenoxy) is 4. The van der Waals surface area contributed by atoms with Crippen LogP contribution in [0.25, 0.3) is 89.2 Å². The molecule has 0 saturated carbocycles. The van der Waals surface area contributed by atoms with E-state index >= 15 is 0 Å². The van der Waals surface area contributed by atoms with Crippen LogP contribution < -0.4 is 18.9 Å². The highest BCUT2D eigenvalue weighted by Crippen LogP contribution is 2.38. The SMILES string of the molecule is CCCCCCCCCCOc1ccc(-c2nc3cc4nc5c(nc4cc3nc2-c2ccc(OCCCCCCCCCC)cc2)C(=O)c2nc3cc4nc(-c6ccc(OCCCCCCCCCC)cc6)c(-c6ccc(OCCCCCCCCCC)cc6)nc4cc3nc2C5=O)cc1. The first-order valence-corrected chi connectivity index (χ1v) is 38.4. The standard InChI is InChI=1S/C86H104N8O6/c1-5-9-13-17-21-25-29-33-53-97-65-45-37-61(38-46-65)77-78(62-39-47-66(48-40-62)98-54-34-30-26-22-18-14-10-6-2)88-70-58-74-73(57-69(70)87-77)91-81-82(92-74)86(96)84-83(85(81)95)93-75-59-71-72(60-76(75)94-84)90-80(64-43-51-68(52-44-64)100-56-36-32-28-24-20-16-12-8-4)79(89-71)63-41-49-67(50-42-63)99-55-35-31-27-23-19-15-11-7-3/h37-52,57-60H,5-36,53-56H2,1-4H3. The molecular formula is C86H104N8O6. The van der Waals surface area contributed by atoms with Crippen LogP contribution in [0.3, 0.4) is 0 Å². The molecule has 1 aliphatic rings. The van der Waals surface area contributed by atoms with Crippen LogP contribution in [-0.4, -0.2) is 77.9 Å². The predicted molar refractivity (Wildman–Crippen MR) is 406 cm³/mol. The van der Waals surface area contributed by atoms with Gasteiger partial charge in [-0.3, -0.25) is 9.59 Å². The molecule has 0 unspecified atom stereocenters. The summed E-state index contributed by atoms with van der Waals surface area (Å²) in [7, 11) is 0. The zero-order chi connectivity index (χ0) is 69.1. The van der Waals surface area contributed by atoms with Crippen LogP contribution in [0.2, 0.25) is 0 Å². The summed E-state index contributed by atoms with van der Waals surface area (Å²) < 4.78 is 24.9. The van der Waals surface area contributed by atoms with Gasteiger partial charge in [-0.15, -0.1) is 0 Å². The van der Waals surface area contributed by atoms with Gasteiger partial charge >= 0.3 is 0 Å². The minimum atomic E-state index is -0.553. The first-order chi connectivity index (χ1) is 49.3. The molecule has 524 valence electrons. The first-order valence-electron chi connectivity index (χ1n) is 38.4. The molecule has 11 rings (SSSR count). The Labute approximate surface area is 592 Å². The van der Waals surface area contributed by atoms with Crippen molar-refractivity contribution in [2.24, 2.45) is 0 Å². The number of hydrogen-bond donors (Lipinski definition) is 0. The Morgan fingerprint density at radius 3 is 0.550 bits per heavy atom. The zero-order valence-corrected chi connectivity index (χ0v) is 60.0. The average molecular weight is 1350 g/mol. The van der Waals surface area contributed by atoms with Crippen LogP contribution in [0.15, 0.2) is 121 Å². The number of rotatable bonds is 44. The zero-order valence-electron chi connectivity index (χ0n) is 60.0. The summed E-state index contributed by atoms with van der Waals surface area (Å²) in [5.74, 6) is 2.09. The highest BCUT2D eigenvalue weighted by atomic mass is 16.5. The molecule has 0 atom stereocenters. The van der Waals surface area contributed by atoms with E-state index in [2.05, 4.69) is 27.7 Å². The quantitative estimate of drug-likeness (QED) is 0.0261. The van der Waals surface area contributed by atoms with Crippen LogP contribution >= 0.6 is 0 Å². The third-order valence-electron chi connectivity index (χ3n) is 19.3. The maximum atomic E-state index is 14.8. The van der Waals surface area contributed by atoms with Crippen LogP contribution in [0, 0.1) is 0 Å². The Kier molecular flexibility index (Phi) is 27.6. The molecule has 0 bridgehead atoms. The van der Waals surface area contributed by atoms with E-state index in [1.54, 1.807) is 24.3 Å². The largest absolute Gasteiger partial charge is 0.494 e. The summed E-state index contributed by atoms with van der Waals surface area (Å²) in [6.45, 7) is 11.7. The molecular weight excluding hydrogens is 1240 g/mol. The van der Waals surface area contributed by atoms with Crippen molar-refractivity contribution < 1.29 is 28.5 Å². The van der Waals surface area contributed by atoms with E-state index in [0.29, 0.717) is 93.3 Å². The molecule has 0 aliphatic heterocycles. The molecule has 14 heteroatoms. The second-order valence-corrected chi connectivity index (χ2v) is 27.4. The Morgan fingerprint density at radius 1 is 0.210 bits per heavy atom. The molecule has 0 radical (unpaired) electrons. The van der Waals surface area contributed by atoms with Crippen molar-refractivity contribution in [3.8, 4) is 68.0 Å².